The SMILES string of the molecule is CCC(C(=O)OC(C)(C)C)N1C(=O)C(C)(CCO)CC(c2cccc(Cl)c2)C1c1ccc(Cl)cn1. The summed E-state index contributed by atoms with van der Waals surface area (Å²) in [5.74, 6) is -0.900. The van der Waals surface area contributed by atoms with Gasteiger partial charge < -0.3 is 14.7 Å². The number of aliphatic hydroxyl groups excluding tert-OH is 1. The molecule has 8 heteroatoms. The first kappa shape index (κ1) is 27.4. The smallest absolute Gasteiger partial charge is 0.329 e. The summed E-state index contributed by atoms with van der Waals surface area (Å²) in [5, 5.41) is 10.9. The Morgan fingerprint density at radius 1 is 1.26 bits per heavy atom. The van der Waals surface area contributed by atoms with Crippen molar-refractivity contribution in [3.63, 3.8) is 0 Å². The number of piperidine rings is 1. The molecule has 3 rings (SSSR count). The summed E-state index contributed by atoms with van der Waals surface area (Å²) >= 11 is 12.5. The van der Waals surface area contributed by atoms with E-state index < -0.39 is 29.1 Å². The van der Waals surface area contributed by atoms with Crippen LogP contribution >= 0.6 is 23.2 Å². The van der Waals surface area contributed by atoms with Crippen LogP contribution in [-0.2, 0) is 14.3 Å². The topological polar surface area (TPSA) is 79.7 Å². The second-order valence-electron chi connectivity index (χ2n) is 10.4. The number of carbonyl (C=O) groups excluding carboxylic acids is 2. The number of aromatic nitrogens is 1. The molecule has 190 valence electrons. The molecule has 1 saturated heterocycles. The number of amides is 1. The third-order valence-electron chi connectivity index (χ3n) is 6.50. The molecule has 0 bridgehead atoms. The standard InChI is InChI=1S/C27H34Cl2N2O4/c1-6-22(24(33)35-26(2,3)4)31-23(21-11-10-19(29)16-30-21)20(17-8-7-9-18(28)14-17)15-27(5,12-13-32)25(31)34/h7-11,14,16,20,22-23,32H,6,12-13,15H2,1-5H3. The van der Waals surface area contributed by atoms with Gasteiger partial charge in [0.2, 0.25) is 5.91 Å². The summed E-state index contributed by atoms with van der Waals surface area (Å²) < 4.78 is 5.74. The maximum absolute atomic E-state index is 14.1. The minimum atomic E-state index is -0.889. The molecule has 1 aromatic carbocycles. The minimum Gasteiger partial charge on any atom is -0.458 e. The Labute approximate surface area is 217 Å². The molecule has 4 atom stereocenters. The average Bonchev–Trinajstić information content (AvgIpc) is 2.77. The van der Waals surface area contributed by atoms with Crippen molar-refractivity contribution in [3.05, 3.63) is 63.9 Å². The maximum Gasteiger partial charge on any atom is 0.329 e. The number of halogens is 2. The predicted molar refractivity (Wildman–Crippen MR) is 137 cm³/mol. The minimum absolute atomic E-state index is 0.147. The van der Waals surface area contributed by atoms with Crippen LogP contribution in [0.3, 0.4) is 0 Å². The number of benzene rings is 1. The molecular formula is C27H34Cl2N2O4. The number of likely N-dealkylation sites (tertiary alicyclic amines) is 1. The van der Waals surface area contributed by atoms with Crippen molar-refractivity contribution in [3.8, 4) is 0 Å². The molecule has 35 heavy (non-hydrogen) atoms. The number of ether oxygens (including phenoxy) is 1. The van der Waals surface area contributed by atoms with Crippen LogP contribution in [0.2, 0.25) is 10.0 Å². The third-order valence-corrected chi connectivity index (χ3v) is 6.96. The van der Waals surface area contributed by atoms with Gasteiger partial charge in [-0.1, -0.05) is 49.2 Å². The van der Waals surface area contributed by atoms with Crippen molar-refractivity contribution < 1.29 is 19.4 Å². The number of rotatable bonds is 7. The largest absolute Gasteiger partial charge is 0.458 e. The lowest BCUT2D eigenvalue weighted by molar-refractivity contribution is -0.174. The zero-order valence-electron chi connectivity index (χ0n) is 20.9. The van der Waals surface area contributed by atoms with Crippen LogP contribution in [0.25, 0.3) is 0 Å². The number of nitrogens with zero attached hydrogens (tertiary/aromatic N) is 2. The third kappa shape index (κ3) is 6.16. The Morgan fingerprint density at radius 3 is 2.51 bits per heavy atom. The molecule has 1 fully saturated rings. The Balaban J connectivity index is 2.23. The molecule has 6 nitrogen and oxygen atoms in total. The van der Waals surface area contributed by atoms with Crippen molar-refractivity contribution in [2.75, 3.05) is 6.61 Å². The summed E-state index contributed by atoms with van der Waals surface area (Å²) in [6.07, 6.45) is 2.64. The lowest BCUT2D eigenvalue weighted by Crippen LogP contribution is -2.58. The van der Waals surface area contributed by atoms with Crippen LogP contribution in [0.15, 0.2) is 42.6 Å². The van der Waals surface area contributed by atoms with Gasteiger partial charge in [0.05, 0.1) is 16.8 Å². The van der Waals surface area contributed by atoms with E-state index in [0.717, 1.165) is 5.56 Å². The van der Waals surface area contributed by atoms with Crippen LogP contribution in [0.1, 0.15) is 77.1 Å². The van der Waals surface area contributed by atoms with Gasteiger partial charge in [-0.15, -0.1) is 0 Å². The fourth-order valence-corrected chi connectivity index (χ4v) is 5.21. The van der Waals surface area contributed by atoms with Gasteiger partial charge in [-0.2, -0.15) is 0 Å². The van der Waals surface area contributed by atoms with Gasteiger partial charge in [0.15, 0.2) is 0 Å². The molecule has 1 aromatic heterocycles. The molecule has 1 amide bonds. The molecule has 0 aliphatic carbocycles. The van der Waals surface area contributed by atoms with Crippen LogP contribution in [0.4, 0.5) is 0 Å². The summed E-state index contributed by atoms with van der Waals surface area (Å²) in [7, 11) is 0. The van der Waals surface area contributed by atoms with Crippen molar-refractivity contribution >= 4 is 35.1 Å². The Morgan fingerprint density at radius 2 is 1.97 bits per heavy atom. The first-order chi connectivity index (χ1) is 16.4. The van der Waals surface area contributed by atoms with Gasteiger partial charge in [0.1, 0.15) is 11.6 Å². The number of aliphatic hydroxyl groups is 1. The second kappa shape index (κ2) is 10.9. The van der Waals surface area contributed by atoms with Gasteiger partial charge in [0, 0.05) is 29.2 Å². The van der Waals surface area contributed by atoms with Gasteiger partial charge in [0.25, 0.3) is 0 Å². The monoisotopic (exact) mass is 520 g/mol. The van der Waals surface area contributed by atoms with Crippen LogP contribution in [-0.4, -0.2) is 45.1 Å². The highest BCUT2D eigenvalue weighted by Gasteiger charge is 2.53. The summed E-state index contributed by atoms with van der Waals surface area (Å²) in [6.45, 7) is 8.98. The van der Waals surface area contributed by atoms with Crippen molar-refractivity contribution in [2.45, 2.75) is 77.5 Å². The van der Waals surface area contributed by atoms with E-state index in [9.17, 15) is 14.7 Å². The number of pyridine rings is 1. The van der Waals surface area contributed by atoms with Crippen molar-refractivity contribution in [1.29, 1.82) is 0 Å². The van der Waals surface area contributed by atoms with E-state index >= 15 is 0 Å². The Hall–Kier alpha value is -2.15. The molecule has 0 radical (unpaired) electrons. The highest BCUT2D eigenvalue weighted by molar-refractivity contribution is 6.30. The lowest BCUT2D eigenvalue weighted by Gasteiger charge is -2.51. The fourth-order valence-electron chi connectivity index (χ4n) is 4.90. The lowest BCUT2D eigenvalue weighted by atomic mass is 9.67. The first-order valence-electron chi connectivity index (χ1n) is 11.9. The highest BCUT2D eigenvalue weighted by Crippen LogP contribution is 2.51. The molecule has 1 aliphatic rings. The van der Waals surface area contributed by atoms with Crippen molar-refractivity contribution in [2.24, 2.45) is 5.41 Å². The predicted octanol–water partition coefficient (Wildman–Crippen LogP) is 5.95. The zero-order valence-corrected chi connectivity index (χ0v) is 22.4. The van der Waals surface area contributed by atoms with E-state index in [1.54, 1.807) is 50.1 Å². The number of carbonyl (C=O) groups is 2. The van der Waals surface area contributed by atoms with Gasteiger partial charge in [-0.3, -0.25) is 9.78 Å². The van der Waals surface area contributed by atoms with E-state index in [-0.39, 0.29) is 24.9 Å². The van der Waals surface area contributed by atoms with Crippen LogP contribution < -0.4 is 0 Å². The maximum atomic E-state index is 14.1. The second-order valence-corrected chi connectivity index (χ2v) is 11.3. The molecular weight excluding hydrogens is 487 g/mol. The van der Waals surface area contributed by atoms with E-state index in [1.807, 2.05) is 32.0 Å². The number of esters is 1. The summed E-state index contributed by atoms with van der Waals surface area (Å²) in [6, 6.07) is 9.68. The fraction of sp³-hybridized carbons (Fsp3) is 0.519. The molecule has 1 N–H and O–H groups in total. The average molecular weight is 521 g/mol. The Bertz CT molecular complexity index is 1050. The molecule has 4 unspecified atom stereocenters. The number of hydrogen-bond acceptors (Lipinski definition) is 5. The van der Waals surface area contributed by atoms with Crippen LogP contribution in [0.5, 0.6) is 0 Å². The summed E-state index contributed by atoms with van der Waals surface area (Å²) in [5.41, 5.74) is -0.0428. The number of hydrogen-bond donors (Lipinski definition) is 1. The highest BCUT2D eigenvalue weighted by atomic mass is 35.5. The molecule has 0 spiro atoms. The van der Waals surface area contributed by atoms with E-state index in [2.05, 4.69) is 4.98 Å². The molecule has 2 heterocycles. The Kier molecular flexibility index (Phi) is 8.51. The van der Waals surface area contributed by atoms with Gasteiger partial charge >= 0.3 is 5.97 Å². The van der Waals surface area contributed by atoms with Crippen LogP contribution in [0, 0.1) is 5.41 Å². The van der Waals surface area contributed by atoms with E-state index in [1.165, 1.54) is 0 Å². The van der Waals surface area contributed by atoms with Gasteiger partial charge in [-0.25, -0.2) is 4.79 Å². The quantitative estimate of drug-likeness (QED) is 0.456. The van der Waals surface area contributed by atoms with Gasteiger partial charge in [-0.05, 0) is 69.9 Å². The van der Waals surface area contributed by atoms with E-state index in [0.29, 0.717) is 28.6 Å². The molecule has 1 aliphatic heterocycles. The molecule has 2 aromatic rings. The molecule has 0 saturated carbocycles. The van der Waals surface area contributed by atoms with Crippen molar-refractivity contribution in [1.82, 2.24) is 9.88 Å². The summed E-state index contributed by atoms with van der Waals surface area (Å²) in [4.78, 5) is 33.7. The zero-order chi connectivity index (χ0) is 26.0. The normalized spacial score (nSPS) is 23.8. The first-order valence-corrected chi connectivity index (χ1v) is 12.7. The van der Waals surface area contributed by atoms with E-state index in [4.69, 9.17) is 27.9 Å².